The number of aromatic nitrogens is 2. The van der Waals surface area contributed by atoms with E-state index in [1.165, 1.54) is 0 Å². The predicted octanol–water partition coefficient (Wildman–Crippen LogP) is 3.55. The Bertz CT molecular complexity index is 1100. The molecule has 1 aliphatic heterocycles. The van der Waals surface area contributed by atoms with Gasteiger partial charge in [0.15, 0.2) is 6.61 Å². The molecule has 7 nitrogen and oxygen atoms in total. The fourth-order valence-electron chi connectivity index (χ4n) is 3.68. The van der Waals surface area contributed by atoms with Crippen LogP contribution in [0.5, 0.6) is 5.75 Å². The summed E-state index contributed by atoms with van der Waals surface area (Å²) < 4.78 is 7.19. The number of hydrogen-bond donors (Lipinski definition) is 1. The van der Waals surface area contributed by atoms with Crippen LogP contribution >= 0.6 is 0 Å². The highest BCUT2D eigenvalue weighted by Crippen LogP contribution is 2.31. The van der Waals surface area contributed by atoms with E-state index < -0.39 is 0 Å². The predicted molar refractivity (Wildman–Crippen MR) is 115 cm³/mol. The lowest BCUT2D eigenvalue weighted by molar-refractivity contribution is -0.121. The van der Waals surface area contributed by atoms with Gasteiger partial charge in [-0.2, -0.15) is 5.10 Å². The first kappa shape index (κ1) is 19.7. The SMILES string of the molecule is Cc1cc(C)cc(-n2nc(C)cc2NC(=O)CCN2C(=O)COc3ccccc32)c1. The van der Waals surface area contributed by atoms with Crippen molar-refractivity contribution in [3.63, 3.8) is 0 Å². The summed E-state index contributed by atoms with van der Waals surface area (Å²) in [6.07, 6.45) is 0.164. The Hall–Kier alpha value is -3.61. The summed E-state index contributed by atoms with van der Waals surface area (Å²) in [4.78, 5) is 26.6. The third-order valence-corrected chi connectivity index (χ3v) is 4.92. The highest BCUT2D eigenvalue weighted by molar-refractivity contribution is 5.99. The molecule has 1 aliphatic rings. The van der Waals surface area contributed by atoms with Crippen molar-refractivity contribution in [2.45, 2.75) is 27.2 Å². The zero-order chi connectivity index (χ0) is 21.3. The lowest BCUT2D eigenvalue weighted by Gasteiger charge is -2.29. The lowest BCUT2D eigenvalue weighted by Crippen LogP contribution is -2.40. The molecule has 0 fully saturated rings. The lowest BCUT2D eigenvalue weighted by atomic mass is 10.1. The summed E-state index contributed by atoms with van der Waals surface area (Å²) in [5, 5.41) is 7.47. The number of benzene rings is 2. The van der Waals surface area contributed by atoms with Crippen LogP contribution in [0.25, 0.3) is 5.69 Å². The second-order valence-electron chi connectivity index (χ2n) is 7.53. The minimum absolute atomic E-state index is 0.0166. The van der Waals surface area contributed by atoms with Gasteiger partial charge in [0, 0.05) is 19.0 Å². The molecule has 2 heterocycles. The maximum Gasteiger partial charge on any atom is 0.265 e. The van der Waals surface area contributed by atoms with E-state index in [4.69, 9.17) is 4.74 Å². The van der Waals surface area contributed by atoms with Crippen molar-refractivity contribution in [3.05, 3.63) is 65.4 Å². The zero-order valence-corrected chi connectivity index (χ0v) is 17.3. The summed E-state index contributed by atoms with van der Waals surface area (Å²) in [5.41, 5.74) is 4.65. The normalized spacial score (nSPS) is 13.0. The quantitative estimate of drug-likeness (QED) is 0.706. The molecule has 0 unspecified atom stereocenters. The molecule has 0 radical (unpaired) electrons. The second kappa shape index (κ2) is 8.02. The number of ether oxygens (including phenoxy) is 1. The van der Waals surface area contributed by atoms with E-state index in [2.05, 4.69) is 16.5 Å². The van der Waals surface area contributed by atoms with E-state index in [9.17, 15) is 9.59 Å². The number of carbonyl (C=O) groups is 2. The van der Waals surface area contributed by atoms with Crippen molar-refractivity contribution in [3.8, 4) is 11.4 Å². The summed E-state index contributed by atoms with van der Waals surface area (Å²) >= 11 is 0. The van der Waals surface area contributed by atoms with Crippen LogP contribution in [0.1, 0.15) is 23.2 Å². The van der Waals surface area contributed by atoms with E-state index in [0.717, 1.165) is 22.5 Å². The topological polar surface area (TPSA) is 76.5 Å². The van der Waals surface area contributed by atoms with Crippen LogP contribution in [-0.2, 0) is 9.59 Å². The number of anilines is 2. The van der Waals surface area contributed by atoms with Crippen molar-refractivity contribution in [2.24, 2.45) is 0 Å². The highest BCUT2D eigenvalue weighted by Gasteiger charge is 2.25. The van der Waals surface area contributed by atoms with Gasteiger partial charge in [0.05, 0.1) is 17.1 Å². The molecule has 2 aromatic carbocycles. The van der Waals surface area contributed by atoms with Gasteiger partial charge in [0.1, 0.15) is 11.6 Å². The van der Waals surface area contributed by atoms with Crippen molar-refractivity contribution in [2.75, 3.05) is 23.4 Å². The third kappa shape index (κ3) is 4.05. The molecular weight excluding hydrogens is 380 g/mol. The van der Waals surface area contributed by atoms with Crippen molar-refractivity contribution < 1.29 is 14.3 Å². The Morgan fingerprint density at radius 2 is 1.83 bits per heavy atom. The smallest absolute Gasteiger partial charge is 0.265 e. The minimum atomic E-state index is -0.183. The standard InChI is InChI=1S/C23H24N4O3/c1-15-10-16(2)12-18(11-15)27-21(13-17(3)25-27)24-22(28)8-9-26-19-6-4-5-7-20(19)30-14-23(26)29/h4-7,10-13H,8-9,14H2,1-3H3,(H,24,28). The number of nitrogens with zero attached hydrogens (tertiary/aromatic N) is 3. The Labute approximate surface area is 175 Å². The Morgan fingerprint density at radius 3 is 2.60 bits per heavy atom. The number of fused-ring (bicyclic) bond motifs is 1. The maximum atomic E-state index is 12.7. The number of rotatable bonds is 5. The molecule has 0 atom stereocenters. The van der Waals surface area contributed by atoms with Gasteiger partial charge < -0.3 is 15.0 Å². The monoisotopic (exact) mass is 404 g/mol. The highest BCUT2D eigenvalue weighted by atomic mass is 16.5. The van der Waals surface area contributed by atoms with Gasteiger partial charge in [-0.3, -0.25) is 9.59 Å². The number of carbonyl (C=O) groups excluding carboxylic acids is 2. The van der Waals surface area contributed by atoms with Gasteiger partial charge in [-0.15, -0.1) is 0 Å². The molecule has 0 spiro atoms. The van der Waals surface area contributed by atoms with E-state index in [1.807, 2.05) is 63.2 Å². The van der Waals surface area contributed by atoms with Gasteiger partial charge in [-0.25, -0.2) is 4.68 Å². The fourth-order valence-corrected chi connectivity index (χ4v) is 3.68. The molecule has 0 aliphatic carbocycles. The Morgan fingerprint density at radius 1 is 1.10 bits per heavy atom. The fraction of sp³-hybridized carbons (Fsp3) is 0.261. The van der Waals surface area contributed by atoms with Crippen molar-refractivity contribution in [1.82, 2.24) is 9.78 Å². The molecule has 7 heteroatoms. The first-order chi connectivity index (χ1) is 14.4. The molecule has 30 heavy (non-hydrogen) atoms. The van der Waals surface area contributed by atoms with E-state index in [1.54, 1.807) is 9.58 Å². The maximum absolute atomic E-state index is 12.7. The second-order valence-corrected chi connectivity index (χ2v) is 7.53. The summed E-state index contributed by atoms with van der Waals surface area (Å²) in [6, 6.07) is 15.3. The number of aryl methyl sites for hydroxylation is 3. The minimum Gasteiger partial charge on any atom is -0.482 e. The third-order valence-electron chi connectivity index (χ3n) is 4.92. The van der Waals surface area contributed by atoms with Crippen LogP contribution in [0.15, 0.2) is 48.5 Å². The van der Waals surface area contributed by atoms with Gasteiger partial charge in [-0.1, -0.05) is 18.2 Å². The first-order valence-electron chi connectivity index (χ1n) is 9.88. The molecule has 4 rings (SSSR count). The van der Waals surface area contributed by atoms with Crippen molar-refractivity contribution >= 4 is 23.3 Å². The molecule has 0 saturated heterocycles. The molecule has 2 amide bonds. The molecule has 1 aromatic heterocycles. The van der Waals surface area contributed by atoms with Crippen LogP contribution in [0, 0.1) is 20.8 Å². The molecule has 0 saturated carbocycles. The number of nitrogens with one attached hydrogen (secondary N) is 1. The van der Waals surface area contributed by atoms with E-state index in [-0.39, 0.29) is 31.4 Å². The zero-order valence-electron chi connectivity index (χ0n) is 17.3. The van der Waals surface area contributed by atoms with Gasteiger partial charge in [0.2, 0.25) is 5.91 Å². The molecule has 0 bridgehead atoms. The average Bonchev–Trinajstić information content (AvgIpc) is 3.06. The molecular formula is C23H24N4O3. The van der Waals surface area contributed by atoms with Crippen LogP contribution in [-0.4, -0.2) is 34.7 Å². The Balaban J connectivity index is 1.49. The van der Waals surface area contributed by atoms with Crippen LogP contribution in [0.2, 0.25) is 0 Å². The first-order valence-corrected chi connectivity index (χ1v) is 9.88. The molecule has 1 N–H and O–H groups in total. The van der Waals surface area contributed by atoms with E-state index in [0.29, 0.717) is 17.3 Å². The Kier molecular flexibility index (Phi) is 5.27. The largest absolute Gasteiger partial charge is 0.482 e. The van der Waals surface area contributed by atoms with Crippen molar-refractivity contribution in [1.29, 1.82) is 0 Å². The van der Waals surface area contributed by atoms with Gasteiger partial charge >= 0.3 is 0 Å². The number of hydrogen-bond acceptors (Lipinski definition) is 4. The number of amides is 2. The molecule has 3 aromatic rings. The summed E-state index contributed by atoms with van der Waals surface area (Å²) in [7, 11) is 0. The average molecular weight is 404 g/mol. The number of para-hydroxylation sites is 2. The molecule has 154 valence electrons. The van der Waals surface area contributed by atoms with Gasteiger partial charge in [-0.05, 0) is 56.2 Å². The van der Waals surface area contributed by atoms with Crippen LogP contribution in [0.4, 0.5) is 11.5 Å². The van der Waals surface area contributed by atoms with Gasteiger partial charge in [0.25, 0.3) is 5.91 Å². The van der Waals surface area contributed by atoms with Crippen LogP contribution in [0.3, 0.4) is 0 Å². The summed E-state index contributed by atoms with van der Waals surface area (Å²) in [6.45, 7) is 6.21. The van der Waals surface area contributed by atoms with E-state index >= 15 is 0 Å². The summed E-state index contributed by atoms with van der Waals surface area (Å²) in [5.74, 6) is 0.923. The van der Waals surface area contributed by atoms with Crippen LogP contribution < -0.4 is 15.0 Å².